The average Bonchev–Trinajstić information content (AvgIpc) is 3.25. The molecule has 9 heteroatoms. The maximum atomic E-state index is 13.6. The standard InChI is InChI=1S/C23H29N3O6/c1-9-10-4-5-11-21-8-32-23(31,22(11)13(10)12(9)17(22)28)19(30)15(21)20(2,3)16(14(27)18(21)29)26-7-6-24-25-26/h6-7,10-16,18-19,27,29-31H,1,4-5,8H2,2-3H3/t10-,11-,12?,13-,14+,15+,16?,18+,19-,21-,22+,23-/m0/s1. The molecule has 1 aromatic heterocycles. The Kier molecular flexibility index (Phi) is 3.31. The number of fused-ring (bicyclic) bond motifs is 1. The zero-order valence-corrected chi connectivity index (χ0v) is 18.1. The Bertz CT molecular complexity index is 1060. The molecule has 0 aromatic carbocycles. The number of ether oxygens (including phenoxy) is 1. The maximum absolute atomic E-state index is 13.6. The van der Waals surface area contributed by atoms with E-state index in [4.69, 9.17) is 4.74 Å². The largest absolute Gasteiger partial charge is 0.390 e. The number of aromatic nitrogens is 3. The summed E-state index contributed by atoms with van der Waals surface area (Å²) >= 11 is 0. The number of rotatable bonds is 1. The molecule has 2 aliphatic heterocycles. The number of aliphatic hydroxyl groups excluding tert-OH is 3. The van der Waals surface area contributed by atoms with Gasteiger partial charge in [-0.2, -0.15) is 0 Å². The van der Waals surface area contributed by atoms with Gasteiger partial charge in [0.15, 0.2) is 5.78 Å². The van der Waals surface area contributed by atoms with Gasteiger partial charge in [-0.25, -0.2) is 4.68 Å². The summed E-state index contributed by atoms with van der Waals surface area (Å²) in [7, 11) is 0. The molecule has 2 bridgehead atoms. The molecule has 4 N–H and O–H groups in total. The molecule has 7 fully saturated rings. The van der Waals surface area contributed by atoms with Crippen molar-refractivity contribution < 1.29 is 30.0 Å². The van der Waals surface area contributed by atoms with Crippen LogP contribution in [0.3, 0.4) is 0 Å². The van der Waals surface area contributed by atoms with E-state index in [-0.39, 0.29) is 36.1 Å². The fraction of sp³-hybridized carbons (Fsp3) is 0.783. The second kappa shape index (κ2) is 5.36. The van der Waals surface area contributed by atoms with Crippen molar-refractivity contribution in [2.45, 2.75) is 56.8 Å². The van der Waals surface area contributed by atoms with Gasteiger partial charge in [0.1, 0.15) is 12.2 Å². The molecule has 0 amide bonds. The van der Waals surface area contributed by atoms with Crippen molar-refractivity contribution in [1.82, 2.24) is 15.0 Å². The van der Waals surface area contributed by atoms with Crippen LogP contribution < -0.4 is 0 Å². The predicted molar refractivity (Wildman–Crippen MR) is 107 cm³/mol. The van der Waals surface area contributed by atoms with Crippen LogP contribution in [0.1, 0.15) is 32.7 Å². The minimum Gasteiger partial charge on any atom is -0.390 e. The fourth-order valence-electron chi connectivity index (χ4n) is 9.91. The zero-order chi connectivity index (χ0) is 22.6. The van der Waals surface area contributed by atoms with Crippen LogP contribution in [0.4, 0.5) is 0 Å². The van der Waals surface area contributed by atoms with Crippen LogP contribution in [0.2, 0.25) is 0 Å². The molecular formula is C23H29N3O6. The highest BCUT2D eigenvalue weighted by atomic mass is 16.6. The van der Waals surface area contributed by atoms with E-state index >= 15 is 0 Å². The molecule has 2 unspecified atom stereocenters. The average molecular weight is 444 g/mol. The van der Waals surface area contributed by atoms with E-state index in [1.807, 2.05) is 13.8 Å². The molecule has 1 aromatic rings. The highest BCUT2D eigenvalue weighted by molar-refractivity contribution is 6.01. The normalized spacial score (nSPS) is 58.9. The molecule has 5 aliphatic carbocycles. The van der Waals surface area contributed by atoms with E-state index < -0.39 is 52.3 Å². The molecule has 5 saturated carbocycles. The Labute approximate surface area is 185 Å². The third-order valence-electron chi connectivity index (χ3n) is 10.8. The van der Waals surface area contributed by atoms with Crippen molar-refractivity contribution in [3.63, 3.8) is 0 Å². The van der Waals surface area contributed by atoms with Gasteiger partial charge in [0, 0.05) is 23.4 Å². The molecule has 12 atom stereocenters. The summed E-state index contributed by atoms with van der Waals surface area (Å²) in [5.41, 5.74) is -2.19. The monoisotopic (exact) mass is 443 g/mol. The summed E-state index contributed by atoms with van der Waals surface area (Å²) in [6, 6.07) is -0.672. The minimum absolute atomic E-state index is 0.0142. The highest BCUT2D eigenvalue weighted by Crippen LogP contribution is 2.84. The van der Waals surface area contributed by atoms with Gasteiger partial charge in [-0.05, 0) is 36.0 Å². The topological polar surface area (TPSA) is 138 Å². The first kappa shape index (κ1) is 19.8. The number of aliphatic hydroxyl groups is 4. The summed E-state index contributed by atoms with van der Waals surface area (Å²) in [6.45, 7) is 7.93. The predicted octanol–water partition coefficient (Wildman–Crippen LogP) is -0.326. The van der Waals surface area contributed by atoms with E-state index in [9.17, 15) is 25.2 Å². The fourth-order valence-corrected chi connectivity index (χ4v) is 9.91. The van der Waals surface area contributed by atoms with Crippen LogP contribution in [0.5, 0.6) is 0 Å². The van der Waals surface area contributed by atoms with Gasteiger partial charge in [-0.3, -0.25) is 4.79 Å². The van der Waals surface area contributed by atoms with Crippen molar-refractivity contribution in [2.24, 2.45) is 45.8 Å². The molecule has 8 rings (SSSR count). The van der Waals surface area contributed by atoms with Gasteiger partial charge < -0.3 is 25.2 Å². The Morgan fingerprint density at radius 1 is 1.22 bits per heavy atom. The smallest absolute Gasteiger partial charge is 0.205 e. The Balaban J connectivity index is 1.45. The van der Waals surface area contributed by atoms with Crippen molar-refractivity contribution >= 4 is 5.78 Å². The lowest BCUT2D eigenvalue weighted by atomic mass is 9.23. The van der Waals surface area contributed by atoms with Crippen LogP contribution in [-0.2, 0) is 9.53 Å². The van der Waals surface area contributed by atoms with Crippen LogP contribution >= 0.6 is 0 Å². The van der Waals surface area contributed by atoms with Crippen molar-refractivity contribution in [3.8, 4) is 0 Å². The molecule has 3 heterocycles. The van der Waals surface area contributed by atoms with Gasteiger partial charge >= 0.3 is 0 Å². The number of carbonyl (C=O) groups excluding carboxylic acids is 1. The van der Waals surface area contributed by atoms with Gasteiger partial charge in [0.2, 0.25) is 5.79 Å². The molecule has 2 saturated heterocycles. The van der Waals surface area contributed by atoms with Crippen molar-refractivity contribution in [1.29, 1.82) is 0 Å². The third-order valence-corrected chi connectivity index (χ3v) is 10.8. The SMILES string of the molecule is C=C1C2C(=O)[C@]34[C@H]2[C@H]1CC[C@H]3[C@@]12CO[C@@]4(O)[C@@H](O)[C@@H]1C(C)(C)C(n1ccnn1)[C@@H](O)[C@H]2O. The van der Waals surface area contributed by atoms with Crippen molar-refractivity contribution in [2.75, 3.05) is 6.61 Å². The number of hydrogen-bond acceptors (Lipinski definition) is 8. The van der Waals surface area contributed by atoms with E-state index in [1.54, 1.807) is 6.20 Å². The molecular weight excluding hydrogens is 414 g/mol. The lowest BCUT2D eigenvalue weighted by molar-refractivity contribution is -0.481. The third kappa shape index (κ3) is 1.57. The maximum Gasteiger partial charge on any atom is 0.205 e. The van der Waals surface area contributed by atoms with Gasteiger partial charge in [0.05, 0.1) is 30.4 Å². The van der Waals surface area contributed by atoms with Gasteiger partial charge in [-0.15, -0.1) is 5.10 Å². The second-order valence-corrected chi connectivity index (χ2v) is 11.7. The number of allylic oxidation sites excluding steroid dienone is 1. The molecule has 172 valence electrons. The van der Waals surface area contributed by atoms with E-state index in [1.165, 1.54) is 10.9 Å². The molecule has 32 heavy (non-hydrogen) atoms. The van der Waals surface area contributed by atoms with Gasteiger partial charge in [-0.1, -0.05) is 31.2 Å². The second-order valence-electron chi connectivity index (χ2n) is 11.7. The lowest BCUT2D eigenvalue weighted by Crippen LogP contribution is -2.93. The van der Waals surface area contributed by atoms with Crippen LogP contribution in [0, 0.1) is 45.8 Å². The summed E-state index contributed by atoms with van der Waals surface area (Å²) in [5.74, 6) is -3.44. The number of carbonyl (C=O) groups is 1. The van der Waals surface area contributed by atoms with Crippen molar-refractivity contribution in [3.05, 3.63) is 24.5 Å². The van der Waals surface area contributed by atoms with E-state index in [0.717, 1.165) is 12.0 Å². The van der Waals surface area contributed by atoms with Crippen LogP contribution in [-0.4, -0.2) is 71.9 Å². The minimum atomic E-state index is -2.02. The molecule has 9 nitrogen and oxygen atoms in total. The number of nitrogens with zero attached hydrogens (tertiary/aromatic N) is 3. The number of ketones is 1. The van der Waals surface area contributed by atoms with E-state index in [2.05, 4.69) is 16.9 Å². The zero-order valence-electron chi connectivity index (χ0n) is 18.1. The summed E-state index contributed by atoms with van der Waals surface area (Å²) in [6.07, 6.45) is 0.714. The van der Waals surface area contributed by atoms with Gasteiger partial charge in [0.25, 0.3) is 0 Å². The Morgan fingerprint density at radius 2 is 1.97 bits per heavy atom. The quantitative estimate of drug-likeness (QED) is 0.433. The molecule has 0 radical (unpaired) electrons. The first-order chi connectivity index (χ1) is 15.1. The Morgan fingerprint density at radius 3 is 2.66 bits per heavy atom. The highest BCUT2D eigenvalue weighted by Gasteiger charge is 2.92. The number of Topliss-reactive ketones (excluding diaryl/α,β-unsaturated/α-hetero) is 1. The van der Waals surface area contributed by atoms with Crippen LogP contribution in [0.25, 0.3) is 0 Å². The van der Waals surface area contributed by atoms with Crippen LogP contribution in [0.15, 0.2) is 24.5 Å². The molecule has 2 spiro atoms. The first-order valence-electron chi connectivity index (χ1n) is 11.6. The Hall–Kier alpha value is -1.65. The summed E-state index contributed by atoms with van der Waals surface area (Å²) in [4.78, 5) is 13.6. The van der Waals surface area contributed by atoms with E-state index in [0.29, 0.717) is 6.42 Å². The number of hydrogen-bond donors (Lipinski definition) is 4. The lowest BCUT2D eigenvalue weighted by Gasteiger charge is -2.83. The molecule has 7 aliphatic rings. The summed E-state index contributed by atoms with van der Waals surface area (Å²) < 4.78 is 7.51. The first-order valence-corrected chi connectivity index (χ1v) is 11.6. The summed E-state index contributed by atoms with van der Waals surface area (Å²) in [5, 5.41) is 54.8.